The molecule has 0 aliphatic carbocycles. The van der Waals surface area contributed by atoms with Crippen molar-refractivity contribution in [2.45, 2.75) is 13.0 Å². The number of methoxy groups -OCH3 is 1. The number of fused-ring (bicyclic) bond motifs is 2. The van der Waals surface area contributed by atoms with Crippen LogP contribution in [0.2, 0.25) is 0 Å². The molecule has 1 unspecified atom stereocenters. The summed E-state index contributed by atoms with van der Waals surface area (Å²) in [6.45, 7) is 1.77. The number of carbonyl (C=O) groups is 1. The molecule has 0 bridgehead atoms. The number of benzene rings is 2. The molecule has 140 valence electrons. The summed E-state index contributed by atoms with van der Waals surface area (Å²) in [6.07, 6.45) is -1.00. The van der Waals surface area contributed by atoms with Gasteiger partial charge in [-0.05, 0) is 42.8 Å². The van der Waals surface area contributed by atoms with E-state index < -0.39 is 12.2 Å². The largest absolute Gasteiger partial charge is 0.496 e. The van der Waals surface area contributed by atoms with E-state index in [9.17, 15) is 15.0 Å². The fourth-order valence-electron chi connectivity index (χ4n) is 3.39. The van der Waals surface area contributed by atoms with Gasteiger partial charge in [0, 0.05) is 17.1 Å². The lowest BCUT2D eigenvalue weighted by Crippen LogP contribution is -2.08. The van der Waals surface area contributed by atoms with Gasteiger partial charge >= 0.3 is 6.09 Å². The molecule has 2 aromatic carbocycles. The summed E-state index contributed by atoms with van der Waals surface area (Å²) in [4.78, 5) is 15.8. The van der Waals surface area contributed by atoms with Crippen LogP contribution in [0.3, 0.4) is 0 Å². The molecular weight excluding hydrogens is 362 g/mol. The number of rotatable bonds is 3. The molecule has 0 aliphatic heterocycles. The Hall–Kier alpha value is -3.83. The third-order valence-corrected chi connectivity index (χ3v) is 4.63. The third kappa shape index (κ3) is 2.57. The fourth-order valence-corrected chi connectivity index (χ4v) is 3.39. The Morgan fingerprint density at radius 1 is 1.36 bits per heavy atom. The molecule has 0 saturated carbocycles. The monoisotopic (exact) mass is 377 g/mol. The van der Waals surface area contributed by atoms with Crippen LogP contribution in [0.1, 0.15) is 28.7 Å². The van der Waals surface area contributed by atoms with Gasteiger partial charge in [0.2, 0.25) is 5.89 Å². The first-order valence-corrected chi connectivity index (χ1v) is 8.35. The van der Waals surface area contributed by atoms with Gasteiger partial charge in [-0.25, -0.2) is 9.78 Å². The smallest absolute Gasteiger partial charge is 0.416 e. The molecule has 2 N–H and O–H groups in total. The second-order valence-electron chi connectivity index (χ2n) is 6.29. The minimum absolute atomic E-state index is 0.0246. The van der Waals surface area contributed by atoms with Gasteiger partial charge in [-0.1, -0.05) is 0 Å². The van der Waals surface area contributed by atoms with Crippen LogP contribution < -0.4 is 4.74 Å². The molecule has 4 aromatic rings. The number of nitrogens with zero attached hydrogens (tertiary/aromatic N) is 3. The molecule has 0 aliphatic rings. The van der Waals surface area contributed by atoms with Crippen molar-refractivity contribution in [3.05, 3.63) is 59.1 Å². The van der Waals surface area contributed by atoms with Crippen molar-refractivity contribution in [3.8, 4) is 11.8 Å². The van der Waals surface area contributed by atoms with Crippen molar-refractivity contribution in [2.75, 3.05) is 7.11 Å². The molecule has 0 amide bonds. The molecule has 2 aromatic heterocycles. The summed E-state index contributed by atoms with van der Waals surface area (Å²) in [7, 11) is 1.47. The zero-order chi connectivity index (χ0) is 20.0. The normalized spacial score (nSPS) is 12.2. The van der Waals surface area contributed by atoms with Crippen LogP contribution in [0.5, 0.6) is 5.75 Å². The lowest BCUT2D eigenvalue weighted by Gasteiger charge is -2.15. The number of aromatic nitrogens is 2. The number of aliphatic hydroxyl groups is 1. The molecule has 0 fully saturated rings. The van der Waals surface area contributed by atoms with E-state index in [-0.39, 0.29) is 5.89 Å². The molecule has 0 spiro atoms. The lowest BCUT2D eigenvalue weighted by molar-refractivity contribution is 0.183. The molecule has 4 rings (SSSR count). The van der Waals surface area contributed by atoms with E-state index in [2.05, 4.69) is 4.98 Å². The van der Waals surface area contributed by atoms with Crippen LogP contribution in [0, 0.1) is 18.3 Å². The zero-order valence-corrected chi connectivity index (χ0v) is 15.0. The van der Waals surface area contributed by atoms with E-state index in [1.165, 1.54) is 13.3 Å². The number of hydrogen-bond donors (Lipinski definition) is 2. The van der Waals surface area contributed by atoms with Crippen LogP contribution in [0.15, 0.2) is 40.9 Å². The summed E-state index contributed by atoms with van der Waals surface area (Å²) in [6, 6.07) is 10.1. The minimum Gasteiger partial charge on any atom is -0.496 e. The van der Waals surface area contributed by atoms with E-state index in [4.69, 9.17) is 14.4 Å². The Morgan fingerprint density at radius 3 is 2.82 bits per heavy atom. The van der Waals surface area contributed by atoms with Crippen LogP contribution in [-0.2, 0) is 0 Å². The first kappa shape index (κ1) is 17.6. The summed E-state index contributed by atoms with van der Waals surface area (Å²) in [5, 5.41) is 30.0. The molecule has 2 heterocycles. The Labute approximate surface area is 158 Å². The summed E-state index contributed by atoms with van der Waals surface area (Å²) < 4.78 is 12.2. The Bertz CT molecular complexity index is 1280. The highest BCUT2D eigenvalue weighted by Gasteiger charge is 2.26. The summed E-state index contributed by atoms with van der Waals surface area (Å²) >= 11 is 0. The van der Waals surface area contributed by atoms with E-state index in [1.807, 2.05) is 6.07 Å². The van der Waals surface area contributed by atoms with Crippen molar-refractivity contribution in [2.24, 2.45) is 0 Å². The molecule has 8 heteroatoms. The van der Waals surface area contributed by atoms with Crippen molar-refractivity contribution >= 4 is 28.1 Å². The highest BCUT2D eigenvalue weighted by atomic mass is 16.5. The lowest BCUT2D eigenvalue weighted by atomic mass is 10.00. The molecular formula is C20H15N3O5. The first-order valence-electron chi connectivity index (χ1n) is 8.35. The van der Waals surface area contributed by atoms with Gasteiger partial charge in [0.1, 0.15) is 11.3 Å². The number of ether oxygens (including phenoxy) is 1. The highest BCUT2D eigenvalue weighted by molar-refractivity contribution is 5.95. The average molecular weight is 377 g/mol. The SMILES string of the molecule is COc1cc(C)c2c(ccn2C(=O)O)c1C(O)c1nc2cc(C#N)ccc2o1. The first-order chi connectivity index (χ1) is 13.4. The van der Waals surface area contributed by atoms with E-state index in [0.717, 1.165) is 4.57 Å². The fraction of sp³-hybridized carbons (Fsp3) is 0.150. The number of nitriles is 1. The van der Waals surface area contributed by atoms with Gasteiger partial charge in [-0.2, -0.15) is 5.26 Å². The predicted octanol–water partition coefficient (Wildman–Crippen LogP) is 3.58. The van der Waals surface area contributed by atoms with Crippen LogP contribution >= 0.6 is 0 Å². The third-order valence-electron chi connectivity index (χ3n) is 4.63. The van der Waals surface area contributed by atoms with Crippen molar-refractivity contribution in [1.82, 2.24) is 9.55 Å². The van der Waals surface area contributed by atoms with Gasteiger partial charge in [0.25, 0.3) is 0 Å². The zero-order valence-electron chi connectivity index (χ0n) is 15.0. The molecule has 1 atom stereocenters. The van der Waals surface area contributed by atoms with Gasteiger partial charge in [0.15, 0.2) is 11.7 Å². The predicted molar refractivity (Wildman–Crippen MR) is 99.4 cm³/mol. The second-order valence-corrected chi connectivity index (χ2v) is 6.29. The molecule has 0 radical (unpaired) electrons. The van der Waals surface area contributed by atoms with Crippen LogP contribution in [0.4, 0.5) is 4.79 Å². The van der Waals surface area contributed by atoms with E-state index in [0.29, 0.717) is 44.4 Å². The van der Waals surface area contributed by atoms with Gasteiger partial charge < -0.3 is 19.4 Å². The number of carboxylic acid groups (broad SMARTS) is 1. The second kappa shape index (κ2) is 6.40. The summed E-state index contributed by atoms with van der Waals surface area (Å²) in [5.41, 5.74) is 2.79. The van der Waals surface area contributed by atoms with E-state index >= 15 is 0 Å². The Balaban J connectivity index is 1.94. The molecule has 28 heavy (non-hydrogen) atoms. The Morgan fingerprint density at radius 2 is 2.14 bits per heavy atom. The van der Waals surface area contributed by atoms with Crippen molar-refractivity contribution < 1.29 is 24.2 Å². The van der Waals surface area contributed by atoms with Crippen molar-refractivity contribution in [3.63, 3.8) is 0 Å². The van der Waals surface area contributed by atoms with Crippen LogP contribution in [0.25, 0.3) is 22.0 Å². The number of oxazole rings is 1. The number of aryl methyl sites for hydroxylation is 1. The Kier molecular flexibility index (Phi) is 4.02. The van der Waals surface area contributed by atoms with E-state index in [1.54, 1.807) is 37.3 Å². The summed E-state index contributed by atoms with van der Waals surface area (Å²) in [5.74, 6) is 0.414. The maximum absolute atomic E-state index is 11.5. The van der Waals surface area contributed by atoms with Crippen molar-refractivity contribution in [1.29, 1.82) is 5.26 Å². The van der Waals surface area contributed by atoms with Crippen LogP contribution in [-0.4, -0.2) is 33.0 Å². The quantitative estimate of drug-likeness (QED) is 0.559. The standard InChI is InChI=1S/C20H15N3O5/c1-10-7-15(27-2)16(12-5-6-23(17(10)12)20(25)26)18(24)19-22-13-8-11(9-21)3-4-14(13)28-19/h3-8,18,24H,1-2H3,(H,25,26). The maximum Gasteiger partial charge on any atom is 0.416 e. The highest BCUT2D eigenvalue weighted by Crippen LogP contribution is 2.39. The maximum atomic E-state index is 11.5. The van der Waals surface area contributed by atoms with Gasteiger partial charge in [-0.15, -0.1) is 0 Å². The van der Waals surface area contributed by atoms with Gasteiger partial charge in [0.05, 0.1) is 24.3 Å². The minimum atomic E-state index is -1.29. The molecule has 8 nitrogen and oxygen atoms in total. The topological polar surface area (TPSA) is 122 Å². The molecule has 0 saturated heterocycles. The van der Waals surface area contributed by atoms with Gasteiger partial charge in [-0.3, -0.25) is 4.57 Å². The average Bonchev–Trinajstić information content (AvgIpc) is 3.31. The number of hydrogen-bond acceptors (Lipinski definition) is 6. The number of aliphatic hydroxyl groups excluding tert-OH is 1.